The van der Waals surface area contributed by atoms with E-state index in [0.29, 0.717) is 15.6 Å². The van der Waals surface area contributed by atoms with E-state index < -0.39 is 5.97 Å². The van der Waals surface area contributed by atoms with E-state index in [0.717, 1.165) is 11.3 Å². The van der Waals surface area contributed by atoms with E-state index in [4.69, 9.17) is 38.5 Å². The Bertz CT molecular complexity index is 754. The van der Waals surface area contributed by atoms with Crippen molar-refractivity contribution < 1.29 is 14.4 Å². The maximum Gasteiger partial charge on any atom is 0.339 e. The first-order chi connectivity index (χ1) is 11.9. The Morgan fingerprint density at radius 3 is 2.28 bits per heavy atom. The van der Waals surface area contributed by atoms with Gasteiger partial charge in [0.05, 0.1) is 28.1 Å². The van der Waals surface area contributed by atoms with Crippen LogP contribution in [0.15, 0.2) is 47.6 Å². The number of carbonyl (C=O) groups excluding carboxylic acids is 1. The van der Waals surface area contributed by atoms with Crippen LogP contribution < -0.4 is 10.5 Å². The van der Waals surface area contributed by atoms with Gasteiger partial charge in [-0.3, -0.25) is 0 Å². The Balaban J connectivity index is 1.98. The normalized spacial score (nSPS) is 11.5. The molecule has 0 aliphatic rings. The minimum atomic E-state index is -0.552. The molecule has 132 valence electrons. The van der Waals surface area contributed by atoms with Crippen molar-refractivity contribution in [1.29, 1.82) is 0 Å². The van der Waals surface area contributed by atoms with Crippen LogP contribution >= 0.6 is 23.2 Å². The van der Waals surface area contributed by atoms with Crippen molar-refractivity contribution in [2.45, 2.75) is 26.4 Å². The number of hydrogen-bond acceptors (Lipinski definition) is 4. The van der Waals surface area contributed by atoms with Crippen LogP contribution in [0.4, 0.5) is 0 Å². The highest BCUT2D eigenvalue weighted by atomic mass is 35.5. The molecule has 0 saturated heterocycles. The predicted octanol–water partition coefficient (Wildman–Crippen LogP) is 4.19. The molecule has 2 aromatic rings. The van der Waals surface area contributed by atoms with Crippen LogP contribution in [0.3, 0.4) is 0 Å². The zero-order valence-electron chi connectivity index (χ0n) is 13.8. The minimum Gasteiger partial charge on any atom is -0.491 e. The highest BCUT2D eigenvalue weighted by Crippen LogP contribution is 2.23. The third-order valence-corrected chi connectivity index (χ3v) is 3.74. The van der Waals surface area contributed by atoms with Gasteiger partial charge < -0.3 is 15.3 Å². The predicted molar refractivity (Wildman–Crippen MR) is 99.2 cm³/mol. The Hall–Kier alpha value is -2.24. The lowest BCUT2D eigenvalue weighted by Gasteiger charge is -2.09. The van der Waals surface area contributed by atoms with Gasteiger partial charge in [-0.05, 0) is 43.7 Å². The van der Waals surface area contributed by atoms with Crippen LogP contribution in [0, 0.1) is 0 Å². The average molecular weight is 381 g/mol. The first-order valence-corrected chi connectivity index (χ1v) is 8.35. The van der Waals surface area contributed by atoms with Gasteiger partial charge in [-0.15, -0.1) is 0 Å². The molecule has 5 nitrogen and oxygen atoms in total. The SMILES string of the molecule is CC(C)Oc1ccc(CC(=O)O/N=C(\N)c2c(Cl)cccc2Cl)cc1. The largest absolute Gasteiger partial charge is 0.491 e. The van der Waals surface area contributed by atoms with Gasteiger partial charge in [0.2, 0.25) is 0 Å². The summed E-state index contributed by atoms with van der Waals surface area (Å²) in [4.78, 5) is 16.7. The Labute approximate surface area is 156 Å². The lowest BCUT2D eigenvalue weighted by molar-refractivity contribution is -0.142. The molecule has 0 aliphatic carbocycles. The standard InChI is InChI=1S/C18H18Cl2N2O3/c1-11(2)24-13-8-6-12(7-9-13)10-16(23)25-22-18(21)17-14(19)4-3-5-15(17)20/h3-9,11H,10H2,1-2H3,(H2,21,22). The van der Waals surface area contributed by atoms with Crippen molar-refractivity contribution in [2.24, 2.45) is 10.9 Å². The zero-order chi connectivity index (χ0) is 18.4. The molecule has 0 spiro atoms. The van der Waals surface area contributed by atoms with Crippen LogP contribution in [0.2, 0.25) is 10.0 Å². The van der Waals surface area contributed by atoms with Gasteiger partial charge in [0.1, 0.15) is 5.75 Å². The molecular formula is C18H18Cl2N2O3. The summed E-state index contributed by atoms with van der Waals surface area (Å²) >= 11 is 12.0. The van der Waals surface area contributed by atoms with Crippen molar-refractivity contribution in [1.82, 2.24) is 0 Å². The number of rotatable bonds is 6. The number of nitrogens with zero attached hydrogens (tertiary/aromatic N) is 1. The Kier molecular flexibility index (Phi) is 6.67. The van der Waals surface area contributed by atoms with Gasteiger partial charge in [0.25, 0.3) is 0 Å². The van der Waals surface area contributed by atoms with E-state index in [2.05, 4.69) is 5.16 Å². The summed E-state index contributed by atoms with van der Waals surface area (Å²) in [5, 5.41) is 4.27. The van der Waals surface area contributed by atoms with Gasteiger partial charge in [-0.2, -0.15) is 0 Å². The van der Waals surface area contributed by atoms with E-state index >= 15 is 0 Å². The molecule has 0 saturated carbocycles. The molecule has 0 heterocycles. The number of benzene rings is 2. The molecule has 25 heavy (non-hydrogen) atoms. The summed E-state index contributed by atoms with van der Waals surface area (Å²) in [6.45, 7) is 3.89. The monoisotopic (exact) mass is 380 g/mol. The third kappa shape index (κ3) is 5.66. The molecular weight excluding hydrogens is 363 g/mol. The van der Waals surface area contributed by atoms with Crippen molar-refractivity contribution in [3.8, 4) is 5.75 Å². The van der Waals surface area contributed by atoms with E-state index in [-0.39, 0.29) is 18.4 Å². The summed E-state index contributed by atoms with van der Waals surface area (Å²) < 4.78 is 5.54. The second-order valence-electron chi connectivity index (χ2n) is 5.52. The van der Waals surface area contributed by atoms with Crippen LogP contribution in [0.5, 0.6) is 5.75 Å². The lowest BCUT2D eigenvalue weighted by Crippen LogP contribution is -2.17. The number of ether oxygens (including phenoxy) is 1. The Morgan fingerprint density at radius 2 is 1.72 bits per heavy atom. The molecule has 0 fully saturated rings. The fourth-order valence-electron chi connectivity index (χ4n) is 2.05. The fourth-order valence-corrected chi connectivity index (χ4v) is 2.64. The number of amidine groups is 1. The summed E-state index contributed by atoms with van der Waals surface area (Å²) in [5.41, 5.74) is 6.89. The maximum absolute atomic E-state index is 11.9. The van der Waals surface area contributed by atoms with Gasteiger partial charge >= 0.3 is 5.97 Å². The van der Waals surface area contributed by atoms with E-state index in [1.54, 1.807) is 42.5 Å². The van der Waals surface area contributed by atoms with Gasteiger partial charge in [-0.25, -0.2) is 4.79 Å². The van der Waals surface area contributed by atoms with Gasteiger partial charge in [0, 0.05) is 0 Å². The second-order valence-corrected chi connectivity index (χ2v) is 6.34. The van der Waals surface area contributed by atoms with E-state index in [1.165, 1.54) is 0 Å². The van der Waals surface area contributed by atoms with Crippen molar-refractivity contribution >= 4 is 35.0 Å². The average Bonchev–Trinajstić information content (AvgIpc) is 2.54. The summed E-state index contributed by atoms with van der Waals surface area (Å²) in [5.74, 6) is 0.121. The number of nitrogens with two attached hydrogens (primary N) is 1. The molecule has 2 aromatic carbocycles. The van der Waals surface area contributed by atoms with Crippen LogP contribution in [-0.4, -0.2) is 17.9 Å². The first kappa shape index (κ1) is 19.1. The topological polar surface area (TPSA) is 73.9 Å². The molecule has 0 unspecified atom stereocenters. The number of hydrogen-bond donors (Lipinski definition) is 1. The highest BCUT2D eigenvalue weighted by Gasteiger charge is 2.12. The van der Waals surface area contributed by atoms with Gasteiger partial charge in [0.15, 0.2) is 5.84 Å². The molecule has 7 heteroatoms. The fraction of sp³-hybridized carbons (Fsp3) is 0.222. The molecule has 0 atom stereocenters. The molecule has 0 amide bonds. The number of carbonyl (C=O) groups is 1. The molecule has 0 aromatic heterocycles. The first-order valence-electron chi connectivity index (χ1n) is 7.60. The van der Waals surface area contributed by atoms with Crippen molar-refractivity contribution in [3.05, 3.63) is 63.6 Å². The number of oxime groups is 1. The van der Waals surface area contributed by atoms with Crippen LogP contribution in [-0.2, 0) is 16.1 Å². The van der Waals surface area contributed by atoms with E-state index in [1.807, 2.05) is 13.8 Å². The summed E-state index contributed by atoms with van der Waals surface area (Å²) in [6.07, 6.45) is 0.138. The lowest BCUT2D eigenvalue weighted by atomic mass is 10.1. The summed E-state index contributed by atoms with van der Waals surface area (Å²) in [7, 11) is 0. The smallest absolute Gasteiger partial charge is 0.339 e. The number of halogens is 2. The minimum absolute atomic E-state index is 0.0506. The van der Waals surface area contributed by atoms with Crippen LogP contribution in [0.25, 0.3) is 0 Å². The van der Waals surface area contributed by atoms with E-state index in [9.17, 15) is 4.79 Å². The van der Waals surface area contributed by atoms with Crippen molar-refractivity contribution in [3.63, 3.8) is 0 Å². The highest BCUT2D eigenvalue weighted by molar-refractivity contribution is 6.39. The molecule has 2 rings (SSSR count). The zero-order valence-corrected chi connectivity index (χ0v) is 15.3. The third-order valence-electron chi connectivity index (χ3n) is 3.11. The van der Waals surface area contributed by atoms with Crippen molar-refractivity contribution in [2.75, 3.05) is 0 Å². The molecule has 0 aliphatic heterocycles. The summed E-state index contributed by atoms with van der Waals surface area (Å²) in [6, 6.07) is 12.1. The quantitative estimate of drug-likeness (QED) is 0.353. The van der Waals surface area contributed by atoms with Gasteiger partial charge in [-0.1, -0.05) is 46.6 Å². The van der Waals surface area contributed by atoms with Crippen LogP contribution in [0.1, 0.15) is 25.0 Å². The Morgan fingerprint density at radius 1 is 1.12 bits per heavy atom. The molecule has 2 N–H and O–H groups in total. The second kappa shape index (κ2) is 8.74. The molecule has 0 radical (unpaired) electrons. The molecule has 0 bridgehead atoms. The maximum atomic E-state index is 11.9.